The Labute approximate surface area is 130 Å². The molecule has 1 N–H and O–H groups in total. The minimum absolute atomic E-state index is 0.0378. The normalized spacial score (nSPS) is 18.0. The highest BCUT2D eigenvalue weighted by Gasteiger charge is 2.37. The molecular weight excluding hydrogens is 274 g/mol. The molecule has 2 heterocycles. The molecule has 1 aliphatic rings. The third-order valence-electron chi connectivity index (χ3n) is 3.99. The van der Waals surface area contributed by atoms with Crippen molar-refractivity contribution in [3.05, 3.63) is 60.2 Å². The Morgan fingerprint density at radius 2 is 2.05 bits per heavy atom. The van der Waals surface area contributed by atoms with Crippen molar-refractivity contribution in [2.75, 3.05) is 17.4 Å². The predicted octanol–water partition coefficient (Wildman–Crippen LogP) is 3.19. The average Bonchev–Trinajstić information content (AvgIpc) is 2.73. The first-order valence-electron chi connectivity index (χ1n) is 7.20. The lowest BCUT2D eigenvalue weighted by molar-refractivity contribution is 0.641. The molecule has 0 atom stereocenters. The summed E-state index contributed by atoms with van der Waals surface area (Å²) in [5, 5.41) is 4.19. The maximum absolute atomic E-state index is 4.19. The highest BCUT2D eigenvalue weighted by Crippen LogP contribution is 2.46. The number of hydrazone groups is 1. The standard InChI is InChI=1S/C17H19N5/c1-17(2)13-6-4-5-7-14(13)22(3)15(17)8-9-20-21-16-12-18-10-11-19-16/h4-12H,1-3H3,(H,19,21). The number of aromatic nitrogens is 2. The fraction of sp³-hybridized carbons (Fsp3) is 0.235. The van der Waals surface area contributed by atoms with E-state index in [1.165, 1.54) is 16.9 Å². The number of rotatable bonds is 3. The number of para-hydroxylation sites is 1. The van der Waals surface area contributed by atoms with E-state index >= 15 is 0 Å². The van der Waals surface area contributed by atoms with Crippen LogP contribution in [-0.4, -0.2) is 23.2 Å². The van der Waals surface area contributed by atoms with Crippen molar-refractivity contribution in [3.63, 3.8) is 0 Å². The minimum Gasteiger partial charge on any atom is -0.347 e. The van der Waals surface area contributed by atoms with Gasteiger partial charge in [-0.3, -0.25) is 10.4 Å². The van der Waals surface area contributed by atoms with Crippen LogP contribution in [0.4, 0.5) is 11.5 Å². The van der Waals surface area contributed by atoms with Crippen molar-refractivity contribution < 1.29 is 0 Å². The second-order valence-corrected chi connectivity index (χ2v) is 5.73. The molecule has 0 fully saturated rings. The Bertz CT molecular complexity index is 719. The van der Waals surface area contributed by atoms with Gasteiger partial charge in [-0.2, -0.15) is 5.10 Å². The van der Waals surface area contributed by atoms with E-state index in [9.17, 15) is 0 Å². The van der Waals surface area contributed by atoms with Gasteiger partial charge in [-0.1, -0.05) is 32.0 Å². The van der Waals surface area contributed by atoms with Gasteiger partial charge in [-0.25, -0.2) is 4.98 Å². The van der Waals surface area contributed by atoms with E-state index in [0.717, 1.165) is 0 Å². The SMILES string of the molecule is CN1C(=CC=NNc2cnccn2)C(C)(C)c2ccccc21. The van der Waals surface area contributed by atoms with Gasteiger partial charge in [0.2, 0.25) is 0 Å². The quantitative estimate of drug-likeness (QED) is 0.697. The molecule has 0 amide bonds. The van der Waals surface area contributed by atoms with Crippen LogP contribution in [0.25, 0.3) is 0 Å². The van der Waals surface area contributed by atoms with Crippen molar-refractivity contribution >= 4 is 17.7 Å². The fourth-order valence-corrected chi connectivity index (χ4v) is 2.87. The van der Waals surface area contributed by atoms with Gasteiger partial charge in [-0.15, -0.1) is 0 Å². The number of allylic oxidation sites excluding steroid dienone is 2. The van der Waals surface area contributed by atoms with Crippen molar-refractivity contribution in [3.8, 4) is 0 Å². The lowest BCUT2D eigenvalue weighted by atomic mass is 9.84. The topological polar surface area (TPSA) is 53.4 Å². The van der Waals surface area contributed by atoms with E-state index in [1.54, 1.807) is 24.8 Å². The first kappa shape index (κ1) is 14.3. The lowest BCUT2D eigenvalue weighted by Crippen LogP contribution is -2.23. The number of nitrogens with zero attached hydrogens (tertiary/aromatic N) is 4. The smallest absolute Gasteiger partial charge is 0.164 e. The van der Waals surface area contributed by atoms with Crippen molar-refractivity contribution in [1.29, 1.82) is 0 Å². The molecule has 0 bridgehead atoms. The van der Waals surface area contributed by atoms with Gasteiger partial charge in [-0.05, 0) is 17.7 Å². The molecule has 1 aromatic heterocycles. The highest BCUT2D eigenvalue weighted by atomic mass is 15.3. The molecule has 0 radical (unpaired) electrons. The number of nitrogens with one attached hydrogen (secondary N) is 1. The molecule has 0 unspecified atom stereocenters. The maximum atomic E-state index is 4.19. The summed E-state index contributed by atoms with van der Waals surface area (Å²) in [6.45, 7) is 4.45. The molecule has 0 aliphatic carbocycles. The monoisotopic (exact) mass is 293 g/mol. The van der Waals surface area contributed by atoms with Crippen LogP contribution in [0.15, 0.2) is 59.7 Å². The lowest BCUT2D eigenvalue weighted by Gasteiger charge is -2.23. The van der Waals surface area contributed by atoms with E-state index < -0.39 is 0 Å². The molecule has 0 saturated heterocycles. The zero-order valence-electron chi connectivity index (χ0n) is 13.0. The molecule has 112 valence electrons. The summed E-state index contributed by atoms with van der Waals surface area (Å²) in [5.41, 5.74) is 6.61. The number of benzene rings is 1. The van der Waals surface area contributed by atoms with Gasteiger partial charge in [0.25, 0.3) is 0 Å². The van der Waals surface area contributed by atoms with Crippen molar-refractivity contribution in [2.45, 2.75) is 19.3 Å². The van der Waals surface area contributed by atoms with Crippen LogP contribution in [0, 0.1) is 0 Å². The van der Waals surface area contributed by atoms with Crippen LogP contribution in [0.2, 0.25) is 0 Å². The van der Waals surface area contributed by atoms with E-state index in [0.29, 0.717) is 5.82 Å². The summed E-state index contributed by atoms with van der Waals surface area (Å²) in [6.07, 6.45) is 8.67. The number of anilines is 2. The third-order valence-corrected chi connectivity index (χ3v) is 3.99. The molecule has 2 aromatic rings. The van der Waals surface area contributed by atoms with Crippen LogP contribution < -0.4 is 10.3 Å². The first-order valence-corrected chi connectivity index (χ1v) is 7.20. The van der Waals surface area contributed by atoms with Crippen molar-refractivity contribution in [1.82, 2.24) is 9.97 Å². The molecule has 0 saturated carbocycles. The number of likely N-dealkylation sites (N-methyl/N-ethyl adjacent to an activating group) is 1. The molecule has 0 spiro atoms. The zero-order chi connectivity index (χ0) is 15.6. The van der Waals surface area contributed by atoms with Gasteiger partial charge in [0.05, 0.1) is 6.20 Å². The summed E-state index contributed by atoms with van der Waals surface area (Å²) in [7, 11) is 2.09. The number of hydrogen-bond acceptors (Lipinski definition) is 5. The van der Waals surface area contributed by atoms with E-state index in [4.69, 9.17) is 0 Å². The number of fused-ring (bicyclic) bond motifs is 1. The van der Waals surface area contributed by atoms with Crippen LogP contribution in [0.5, 0.6) is 0 Å². The second-order valence-electron chi connectivity index (χ2n) is 5.73. The summed E-state index contributed by atoms with van der Waals surface area (Å²) in [5.74, 6) is 0.625. The second kappa shape index (κ2) is 5.60. The molecular formula is C17H19N5. The van der Waals surface area contributed by atoms with Gasteiger partial charge in [0, 0.05) is 42.5 Å². The Hall–Kier alpha value is -2.69. The number of hydrogen-bond donors (Lipinski definition) is 1. The molecule has 1 aromatic carbocycles. The van der Waals surface area contributed by atoms with Crippen LogP contribution >= 0.6 is 0 Å². The fourth-order valence-electron chi connectivity index (χ4n) is 2.87. The molecule has 22 heavy (non-hydrogen) atoms. The Balaban J connectivity index is 1.80. The predicted molar refractivity (Wildman–Crippen MR) is 90.1 cm³/mol. The zero-order valence-corrected chi connectivity index (χ0v) is 13.0. The summed E-state index contributed by atoms with van der Waals surface area (Å²) < 4.78 is 0. The Morgan fingerprint density at radius 1 is 1.23 bits per heavy atom. The largest absolute Gasteiger partial charge is 0.347 e. The van der Waals surface area contributed by atoms with Crippen molar-refractivity contribution in [2.24, 2.45) is 5.10 Å². The third kappa shape index (κ3) is 2.45. The molecule has 5 heteroatoms. The van der Waals surface area contributed by atoms with E-state index in [2.05, 4.69) is 70.6 Å². The maximum Gasteiger partial charge on any atom is 0.164 e. The van der Waals surface area contributed by atoms with Crippen LogP contribution in [-0.2, 0) is 5.41 Å². The summed E-state index contributed by atoms with van der Waals surface area (Å²) >= 11 is 0. The summed E-state index contributed by atoms with van der Waals surface area (Å²) in [6, 6.07) is 8.48. The van der Waals surface area contributed by atoms with E-state index in [1.807, 2.05) is 6.08 Å². The van der Waals surface area contributed by atoms with Gasteiger partial charge in [0.1, 0.15) is 0 Å². The minimum atomic E-state index is -0.0378. The molecule has 5 nitrogen and oxygen atoms in total. The Kier molecular flexibility index (Phi) is 3.63. The first-order chi connectivity index (χ1) is 10.6. The molecule has 1 aliphatic heterocycles. The van der Waals surface area contributed by atoms with Gasteiger partial charge < -0.3 is 4.90 Å². The van der Waals surface area contributed by atoms with Crippen LogP contribution in [0.1, 0.15) is 19.4 Å². The average molecular weight is 293 g/mol. The Morgan fingerprint density at radius 3 is 2.77 bits per heavy atom. The summed E-state index contributed by atoms with van der Waals surface area (Å²) in [4.78, 5) is 10.3. The van der Waals surface area contributed by atoms with E-state index in [-0.39, 0.29) is 5.41 Å². The van der Waals surface area contributed by atoms with Crippen LogP contribution in [0.3, 0.4) is 0 Å². The molecule has 3 rings (SSSR count). The highest BCUT2D eigenvalue weighted by molar-refractivity contribution is 5.79. The van der Waals surface area contributed by atoms with Gasteiger partial charge in [0.15, 0.2) is 5.82 Å². The van der Waals surface area contributed by atoms with Gasteiger partial charge >= 0.3 is 0 Å².